The smallest absolute Gasteiger partial charge is 0.191 e. The number of rotatable bonds is 6. The second-order valence-corrected chi connectivity index (χ2v) is 6.50. The van der Waals surface area contributed by atoms with Gasteiger partial charge in [-0.1, -0.05) is 38.1 Å². The quantitative estimate of drug-likeness (QED) is 0.627. The maximum absolute atomic E-state index is 4.25. The molecule has 0 saturated carbocycles. The maximum Gasteiger partial charge on any atom is 0.191 e. The van der Waals surface area contributed by atoms with Gasteiger partial charge in [-0.05, 0) is 43.0 Å². The van der Waals surface area contributed by atoms with Crippen molar-refractivity contribution in [1.82, 2.24) is 15.5 Å². The Labute approximate surface area is 135 Å². The molecule has 4 heteroatoms. The Morgan fingerprint density at radius 2 is 1.73 bits per heavy atom. The van der Waals surface area contributed by atoms with Crippen molar-refractivity contribution in [2.75, 3.05) is 26.7 Å². The normalized spacial score (nSPS) is 16.3. The number of benzene rings is 1. The van der Waals surface area contributed by atoms with Gasteiger partial charge in [0.2, 0.25) is 0 Å². The van der Waals surface area contributed by atoms with Crippen LogP contribution in [-0.4, -0.2) is 37.5 Å². The molecule has 2 rings (SSSR count). The van der Waals surface area contributed by atoms with Crippen LogP contribution < -0.4 is 10.6 Å². The van der Waals surface area contributed by atoms with Gasteiger partial charge < -0.3 is 10.6 Å². The molecule has 0 unspecified atom stereocenters. The van der Waals surface area contributed by atoms with E-state index in [1.807, 2.05) is 7.05 Å². The van der Waals surface area contributed by atoms with Gasteiger partial charge in [0.05, 0.1) is 0 Å². The molecule has 1 aromatic rings. The van der Waals surface area contributed by atoms with E-state index in [9.17, 15) is 0 Å². The lowest BCUT2D eigenvalue weighted by Crippen LogP contribution is -2.38. The highest BCUT2D eigenvalue weighted by Crippen LogP contribution is 2.13. The van der Waals surface area contributed by atoms with Gasteiger partial charge in [-0.25, -0.2) is 0 Å². The summed E-state index contributed by atoms with van der Waals surface area (Å²) in [5, 5.41) is 6.69. The van der Waals surface area contributed by atoms with Crippen LogP contribution in [0.3, 0.4) is 0 Å². The lowest BCUT2D eigenvalue weighted by Gasteiger charge is -2.15. The van der Waals surface area contributed by atoms with Gasteiger partial charge in [-0.2, -0.15) is 0 Å². The third-order valence-corrected chi connectivity index (χ3v) is 3.99. The number of hydrogen-bond donors (Lipinski definition) is 2. The SMILES string of the molecule is CN=C(NCc1ccc(CN2CCCC2)cc1)NCC(C)C. The summed E-state index contributed by atoms with van der Waals surface area (Å²) in [6.07, 6.45) is 2.70. The van der Waals surface area contributed by atoms with Crippen LogP contribution >= 0.6 is 0 Å². The molecule has 0 amide bonds. The summed E-state index contributed by atoms with van der Waals surface area (Å²) in [5.74, 6) is 1.48. The summed E-state index contributed by atoms with van der Waals surface area (Å²) in [4.78, 5) is 6.78. The molecule has 0 aromatic heterocycles. The monoisotopic (exact) mass is 302 g/mol. The molecule has 1 aromatic carbocycles. The van der Waals surface area contributed by atoms with Crippen LogP contribution in [-0.2, 0) is 13.1 Å². The van der Waals surface area contributed by atoms with Crippen LogP contribution in [0, 0.1) is 5.92 Å². The van der Waals surface area contributed by atoms with Gasteiger partial charge in [0.25, 0.3) is 0 Å². The summed E-state index contributed by atoms with van der Waals surface area (Å²) in [6.45, 7) is 9.72. The van der Waals surface area contributed by atoms with Crippen molar-refractivity contribution in [3.63, 3.8) is 0 Å². The third kappa shape index (κ3) is 5.68. The van der Waals surface area contributed by atoms with Gasteiger partial charge in [0.1, 0.15) is 0 Å². The Bertz CT molecular complexity index is 458. The van der Waals surface area contributed by atoms with Crippen LogP contribution in [0.1, 0.15) is 37.8 Å². The van der Waals surface area contributed by atoms with Crippen molar-refractivity contribution in [2.45, 2.75) is 39.8 Å². The molecule has 0 atom stereocenters. The highest BCUT2D eigenvalue weighted by molar-refractivity contribution is 5.79. The molecule has 1 saturated heterocycles. The van der Waals surface area contributed by atoms with Crippen molar-refractivity contribution >= 4 is 5.96 Å². The van der Waals surface area contributed by atoms with E-state index in [4.69, 9.17) is 0 Å². The molecule has 1 heterocycles. The molecular weight excluding hydrogens is 272 g/mol. The molecule has 0 bridgehead atoms. The van der Waals surface area contributed by atoms with E-state index in [2.05, 4.69) is 58.6 Å². The predicted molar refractivity (Wildman–Crippen MR) is 94.0 cm³/mol. The van der Waals surface area contributed by atoms with Crippen LogP contribution in [0.25, 0.3) is 0 Å². The minimum Gasteiger partial charge on any atom is -0.356 e. The molecule has 1 aliphatic heterocycles. The average Bonchev–Trinajstić information content (AvgIpc) is 3.02. The number of nitrogens with zero attached hydrogens (tertiary/aromatic N) is 2. The third-order valence-electron chi connectivity index (χ3n) is 3.99. The van der Waals surface area contributed by atoms with Crippen LogP contribution in [0.2, 0.25) is 0 Å². The molecule has 0 radical (unpaired) electrons. The zero-order valence-corrected chi connectivity index (χ0v) is 14.2. The van der Waals surface area contributed by atoms with Crippen LogP contribution in [0.15, 0.2) is 29.3 Å². The fourth-order valence-electron chi connectivity index (χ4n) is 2.67. The molecule has 22 heavy (non-hydrogen) atoms. The van der Waals surface area contributed by atoms with Crippen LogP contribution in [0.5, 0.6) is 0 Å². The first-order valence-electron chi connectivity index (χ1n) is 8.42. The Morgan fingerprint density at radius 3 is 2.32 bits per heavy atom. The predicted octanol–water partition coefficient (Wildman–Crippen LogP) is 2.60. The lowest BCUT2D eigenvalue weighted by molar-refractivity contribution is 0.331. The topological polar surface area (TPSA) is 39.7 Å². The summed E-state index contributed by atoms with van der Waals surface area (Å²) in [7, 11) is 1.81. The molecule has 1 aliphatic rings. The minimum atomic E-state index is 0.614. The van der Waals surface area contributed by atoms with E-state index in [1.165, 1.54) is 37.1 Å². The molecule has 2 N–H and O–H groups in total. The number of nitrogens with one attached hydrogen (secondary N) is 2. The number of hydrogen-bond acceptors (Lipinski definition) is 2. The molecule has 0 aliphatic carbocycles. The first kappa shape index (κ1) is 16.8. The molecule has 1 fully saturated rings. The van der Waals surface area contributed by atoms with Gasteiger partial charge in [-0.15, -0.1) is 0 Å². The number of guanidine groups is 1. The van der Waals surface area contributed by atoms with E-state index in [-0.39, 0.29) is 0 Å². The van der Waals surface area contributed by atoms with Crippen molar-refractivity contribution < 1.29 is 0 Å². The fourth-order valence-corrected chi connectivity index (χ4v) is 2.67. The van der Waals surface area contributed by atoms with Crippen molar-refractivity contribution in [2.24, 2.45) is 10.9 Å². The second kappa shape index (κ2) is 8.79. The Hall–Kier alpha value is -1.55. The zero-order chi connectivity index (χ0) is 15.8. The standard InChI is InChI=1S/C18H30N4/c1-15(2)12-20-18(19-3)21-13-16-6-8-17(9-7-16)14-22-10-4-5-11-22/h6-9,15H,4-5,10-14H2,1-3H3,(H2,19,20,21). The van der Waals surface area contributed by atoms with Gasteiger partial charge in [0.15, 0.2) is 5.96 Å². The summed E-state index contributed by atoms with van der Waals surface area (Å²) in [5.41, 5.74) is 2.70. The van der Waals surface area contributed by atoms with Gasteiger partial charge in [0, 0.05) is 26.7 Å². The van der Waals surface area contributed by atoms with E-state index in [1.54, 1.807) is 0 Å². The fraction of sp³-hybridized carbons (Fsp3) is 0.611. The first-order chi connectivity index (χ1) is 10.7. The molecular formula is C18H30N4. The Kier molecular flexibility index (Phi) is 6.72. The molecule has 122 valence electrons. The van der Waals surface area contributed by atoms with Gasteiger partial charge in [-0.3, -0.25) is 9.89 Å². The molecule has 4 nitrogen and oxygen atoms in total. The lowest BCUT2D eigenvalue weighted by atomic mass is 10.1. The molecule has 0 spiro atoms. The Balaban J connectivity index is 1.77. The first-order valence-corrected chi connectivity index (χ1v) is 8.42. The second-order valence-electron chi connectivity index (χ2n) is 6.50. The largest absolute Gasteiger partial charge is 0.356 e. The summed E-state index contributed by atoms with van der Waals surface area (Å²) in [6, 6.07) is 8.93. The minimum absolute atomic E-state index is 0.614. The number of aliphatic imine (C=N–C) groups is 1. The zero-order valence-electron chi connectivity index (χ0n) is 14.2. The van der Waals surface area contributed by atoms with E-state index in [0.29, 0.717) is 5.92 Å². The van der Waals surface area contributed by atoms with Gasteiger partial charge >= 0.3 is 0 Å². The van der Waals surface area contributed by atoms with Crippen LogP contribution in [0.4, 0.5) is 0 Å². The van der Waals surface area contributed by atoms with Crippen molar-refractivity contribution in [3.8, 4) is 0 Å². The van der Waals surface area contributed by atoms with Crippen molar-refractivity contribution in [3.05, 3.63) is 35.4 Å². The average molecular weight is 302 g/mol. The number of likely N-dealkylation sites (tertiary alicyclic amines) is 1. The Morgan fingerprint density at radius 1 is 1.09 bits per heavy atom. The summed E-state index contributed by atoms with van der Waals surface area (Å²) >= 11 is 0. The highest BCUT2D eigenvalue weighted by Gasteiger charge is 2.11. The van der Waals surface area contributed by atoms with E-state index in [0.717, 1.165) is 25.6 Å². The van der Waals surface area contributed by atoms with E-state index < -0.39 is 0 Å². The maximum atomic E-state index is 4.25. The highest BCUT2D eigenvalue weighted by atomic mass is 15.2. The summed E-state index contributed by atoms with van der Waals surface area (Å²) < 4.78 is 0. The van der Waals surface area contributed by atoms with Crippen molar-refractivity contribution in [1.29, 1.82) is 0 Å². The van der Waals surface area contributed by atoms with E-state index >= 15 is 0 Å².